The number of hydrogen-bond acceptors (Lipinski definition) is 3. The van der Waals surface area contributed by atoms with Crippen LogP contribution in [0.5, 0.6) is 5.75 Å². The zero-order chi connectivity index (χ0) is 20.9. The lowest BCUT2D eigenvalue weighted by Crippen LogP contribution is -2.43. The van der Waals surface area contributed by atoms with E-state index >= 15 is 0 Å². The van der Waals surface area contributed by atoms with Crippen molar-refractivity contribution in [1.29, 1.82) is 0 Å². The van der Waals surface area contributed by atoms with Gasteiger partial charge in [-0.1, -0.05) is 62.4 Å². The molecular weight excluding hydrogens is 376 g/mol. The topological polar surface area (TPSA) is 58.6 Å². The van der Waals surface area contributed by atoms with E-state index in [0.717, 1.165) is 42.6 Å². The summed E-state index contributed by atoms with van der Waals surface area (Å²) in [7, 11) is 1.63. The van der Waals surface area contributed by atoms with E-state index in [1.165, 1.54) is 19.3 Å². The second-order valence-electron chi connectivity index (χ2n) is 8.32. The van der Waals surface area contributed by atoms with Crippen LogP contribution in [0.2, 0.25) is 0 Å². The first kappa shape index (κ1) is 20.5. The number of benzene rings is 2. The Balaban J connectivity index is 1.58. The maximum atomic E-state index is 13.4. The highest BCUT2D eigenvalue weighted by Gasteiger charge is 2.41. The van der Waals surface area contributed by atoms with Crippen molar-refractivity contribution in [2.24, 2.45) is 0 Å². The number of amides is 2. The van der Waals surface area contributed by atoms with Crippen LogP contribution in [-0.4, -0.2) is 29.9 Å². The van der Waals surface area contributed by atoms with Gasteiger partial charge in [-0.25, -0.2) is 0 Å². The van der Waals surface area contributed by atoms with Crippen molar-refractivity contribution in [3.8, 4) is 5.75 Å². The molecule has 0 aromatic heterocycles. The van der Waals surface area contributed by atoms with E-state index in [1.54, 1.807) is 12.0 Å². The summed E-state index contributed by atoms with van der Waals surface area (Å²) in [5.41, 5.74) is 2.37. The first-order chi connectivity index (χ1) is 14.7. The third-order valence-electron chi connectivity index (χ3n) is 6.25. The van der Waals surface area contributed by atoms with Gasteiger partial charge in [0.1, 0.15) is 11.8 Å². The molecule has 30 heavy (non-hydrogen) atoms. The molecule has 0 saturated heterocycles. The molecule has 0 spiro atoms. The monoisotopic (exact) mass is 406 g/mol. The molecule has 0 radical (unpaired) electrons. The first-order valence-corrected chi connectivity index (χ1v) is 11.0. The van der Waals surface area contributed by atoms with Crippen molar-refractivity contribution in [1.82, 2.24) is 10.2 Å². The lowest BCUT2D eigenvalue weighted by molar-refractivity contribution is -0.126. The first-order valence-electron chi connectivity index (χ1n) is 11.0. The molecule has 1 aliphatic heterocycles. The van der Waals surface area contributed by atoms with Crippen LogP contribution in [0.25, 0.3) is 0 Å². The van der Waals surface area contributed by atoms with Crippen molar-refractivity contribution in [2.75, 3.05) is 7.11 Å². The van der Waals surface area contributed by atoms with Crippen molar-refractivity contribution < 1.29 is 14.3 Å². The maximum absolute atomic E-state index is 13.4. The van der Waals surface area contributed by atoms with Gasteiger partial charge in [-0.3, -0.25) is 9.59 Å². The standard InChI is InChI=1S/C25H30N2O3/c1-30-20-13-9-10-18(16-20)17-27-23(21-14-7-8-15-22(21)25(27)29)24(28)26-19-11-5-3-2-4-6-12-19/h7-10,13-16,19,23H,2-6,11-12,17H2,1H3,(H,26,28)/t23-/m0/s1. The van der Waals surface area contributed by atoms with Gasteiger partial charge in [0.15, 0.2) is 0 Å². The number of carbonyl (C=O) groups is 2. The van der Waals surface area contributed by atoms with Crippen LogP contribution in [0.4, 0.5) is 0 Å². The summed E-state index contributed by atoms with van der Waals surface area (Å²) in [6.07, 6.45) is 8.10. The van der Waals surface area contributed by atoms with E-state index in [2.05, 4.69) is 5.32 Å². The Morgan fingerprint density at radius 3 is 2.53 bits per heavy atom. The Bertz CT molecular complexity index is 903. The third-order valence-corrected chi connectivity index (χ3v) is 6.25. The second kappa shape index (κ2) is 9.33. The minimum atomic E-state index is -0.592. The normalized spacial score (nSPS) is 19.7. The molecule has 1 aliphatic carbocycles. The highest BCUT2D eigenvalue weighted by molar-refractivity contribution is 6.04. The molecule has 0 bridgehead atoms. The molecular formula is C25H30N2O3. The molecule has 1 heterocycles. The fraction of sp³-hybridized carbons (Fsp3) is 0.440. The number of ether oxygens (including phenoxy) is 1. The number of nitrogens with one attached hydrogen (secondary N) is 1. The molecule has 2 aromatic rings. The average molecular weight is 407 g/mol. The summed E-state index contributed by atoms with van der Waals surface area (Å²) in [5.74, 6) is 0.584. The Morgan fingerprint density at radius 1 is 1.03 bits per heavy atom. The minimum Gasteiger partial charge on any atom is -0.497 e. The van der Waals surface area contributed by atoms with Crippen LogP contribution >= 0.6 is 0 Å². The largest absolute Gasteiger partial charge is 0.497 e. The van der Waals surface area contributed by atoms with Gasteiger partial charge in [0.2, 0.25) is 5.91 Å². The van der Waals surface area contributed by atoms with E-state index in [9.17, 15) is 9.59 Å². The summed E-state index contributed by atoms with van der Waals surface area (Å²) < 4.78 is 5.32. The Labute approximate surface area is 178 Å². The van der Waals surface area contributed by atoms with Crippen LogP contribution in [-0.2, 0) is 11.3 Å². The van der Waals surface area contributed by atoms with Gasteiger partial charge in [0, 0.05) is 18.2 Å². The number of methoxy groups -OCH3 is 1. The van der Waals surface area contributed by atoms with Gasteiger partial charge in [-0.15, -0.1) is 0 Å². The van der Waals surface area contributed by atoms with Crippen molar-refractivity contribution in [2.45, 2.75) is 63.6 Å². The Kier molecular flexibility index (Phi) is 6.36. The maximum Gasteiger partial charge on any atom is 0.255 e. The lowest BCUT2D eigenvalue weighted by Gasteiger charge is -2.28. The Hall–Kier alpha value is -2.82. The fourth-order valence-electron chi connectivity index (χ4n) is 4.66. The molecule has 5 heteroatoms. The predicted molar refractivity (Wildman–Crippen MR) is 116 cm³/mol. The predicted octanol–water partition coefficient (Wildman–Crippen LogP) is 4.62. The Morgan fingerprint density at radius 2 is 1.77 bits per heavy atom. The van der Waals surface area contributed by atoms with E-state index in [4.69, 9.17) is 4.74 Å². The van der Waals surface area contributed by atoms with Crippen LogP contribution in [0.3, 0.4) is 0 Å². The molecule has 4 rings (SSSR count). The number of rotatable bonds is 5. The smallest absolute Gasteiger partial charge is 0.255 e. The second-order valence-corrected chi connectivity index (χ2v) is 8.32. The van der Waals surface area contributed by atoms with Crippen molar-refractivity contribution in [3.63, 3.8) is 0 Å². The lowest BCUT2D eigenvalue weighted by atomic mass is 9.96. The van der Waals surface area contributed by atoms with Gasteiger partial charge < -0.3 is 15.0 Å². The molecule has 158 valence electrons. The van der Waals surface area contributed by atoms with Crippen molar-refractivity contribution in [3.05, 3.63) is 65.2 Å². The summed E-state index contributed by atoms with van der Waals surface area (Å²) in [6.45, 7) is 0.369. The molecule has 2 aromatic carbocycles. The van der Waals surface area contributed by atoms with E-state index in [-0.39, 0.29) is 17.9 Å². The zero-order valence-electron chi connectivity index (χ0n) is 17.6. The van der Waals surface area contributed by atoms with Crippen LogP contribution < -0.4 is 10.1 Å². The molecule has 1 saturated carbocycles. The summed E-state index contributed by atoms with van der Waals surface area (Å²) in [4.78, 5) is 28.3. The van der Waals surface area contributed by atoms with Gasteiger partial charge in [-0.05, 0) is 42.2 Å². The average Bonchev–Trinajstić information content (AvgIpc) is 3.02. The molecule has 2 amide bonds. The molecule has 1 atom stereocenters. The molecule has 0 unspecified atom stereocenters. The van der Waals surface area contributed by atoms with Crippen LogP contribution in [0.15, 0.2) is 48.5 Å². The fourth-order valence-corrected chi connectivity index (χ4v) is 4.66. The molecule has 1 fully saturated rings. The highest BCUT2D eigenvalue weighted by atomic mass is 16.5. The minimum absolute atomic E-state index is 0.0678. The van der Waals surface area contributed by atoms with Gasteiger partial charge in [0.25, 0.3) is 5.91 Å². The van der Waals surface area contributed by atoms with E-state index < -0.39 is 6.04 Å². The number of hydrogen-bond donors (Lipinski definition) is 1. The van der Waals surface area contributed by atoms with Crippen molar-refractivity contribution >= 4 is 11.8 Å². The van der Waals surface area contributed by atoms with E-state index in [1.807, 2.05) is 48.5 Å². The number of fused-ring (bicyclic) bond motifs is 1. The summed E-state index contributed by atoms with van der Waals surface area (Å²) in [6, 6.07) is 14.7. The van der Waals surface area contributed by atoms with Crippen LogP contribution in [0.1, 0.15) is 72.5 Å². The quantitative estimate of drug-likeness (QED) is 0.788. The summed E-state index contributed by atoms with van der Waals surface area (Å²) >= 11 is 0. The molecule has 2 aliphatic rings. The number of carbonyl (C=O) groups excluding carboxylic acids is 2. The number of nitrogens with zero attached hydrogens (tertiary/aromatic N) is 1. The highest BCUT2D eigenvalue weighted by Crippen LogP contribution is 2.35. The molecule has 1 N–H and O–H groups in total. The van der Waals surface area contributed by atoms with Gasteiger partial charge >= 0.3 is 0 Å². The zero-order valence-corrected chi connectivity index (χ0v) is 17.6. The van der Waals surface area contributed by atoms with E-state index in [0.29, 0.717) is 12.1 Å². The SMILES string of the molecule is COc1cccc(CN2C(=O)c3ccccc3[C@H]2C(=O)NC2CCCCCCC2)c1. The van der Waals surface area contributed by atoms with Gasteiger partial charge in [-0.2, -0.15) is 0 Å². The van der Waals surface area contributed by atoms with Crippen LogP contribution in [0, 0.1) is 0 Å². The molecule has 5 nitrogen and oxygen atoms in total. The third kappa shape index (κ3) is 4.35. The summed E-state index contributed by atoms with van der Waals surface area (Å²) in [5, 5.41) is 3.27. The van der Waals surface area contributed by atoms with Gasteiger partial charge in [0.05, 0.1) is 7.11 Å².